The second-order valence-corrected chi connectivity index (χ2v) is 5.42. The number of hydrogen-bond acceptors (Lipinski definition) is 2. The molecule has 1 aliphatic carbocycles. The largest absolute Gasteiger partial charge is 0.481 e. The standard InChI is InChI=1S/C15H21NO2/c1-10-6-11(2)8-14(7-10)16-13-5-3-4-12(9-13)15(17)18/h6-8,12-13,16H,3-5,9H2,1-2H3,(H,17,18). The van der Waals surface area contributed by atoms with E-state index in [-0.39, 0.29) is 5.92 Å². The number of rotatable bonds is 3. The normalized spacial score (nSPS) is 23.7. The molecule has 3 heteroatoms. The first-order valence-corrected chi connectivity index (χ1v) is 6.62. The number of hydrogen-bond donors (Lipinski definition) is 2. The van der Waals surface area contributed by atoms with E-state index >= 15 is 0 Å². The Bertz CT molecular complexity index is 422. The van der Waals surface area contributed by atoms with E-state index in [9.17, 15) is 4.79 Å². The molecule has 0 saturated heterocycles. The molecule has 2 atom stereocenters. The Morgan fingerprint density at radius 1 is 1.22 bits per heavy atom. The van der Waals surface area contributed by atoms with Crippen LogP contribution in [0, 0.1) is 19.8 Å². The van der Waals surface area contributed by atoms with Gasteiger partial charge in [-0.3, -0.25) is 4.79 Å². The van der Waals surface area contributed by atoms with Crippen molar-refractivity contribution in [3.05, 3.63) is 29.3 Å². The third-order valence-electron chi connectivity index (χ3n) is 3.62. The van der Waals surface area contributed by atoms with Crippen LogP contribution in [0.3, 0.4) is 0 Å². The third kappa shape index (κ3) is 3.25. The van der Waals surface area contributed by atoms with Gasteiger partial charge in [0.1, 0.15) is 0 Å². The molecule has 0 bridgehead atoms. The minimum Gasteiger partial charge on any atom is -0.481 e. The number of nitrogens with one attached hydrogen (secondary N) is 1. The molecule has 0 amide bonds. The van der Waals surface area contributed by atoms with Gasteiger partial charge in [0.2, 0.25) is 0 Å². The van der Waals surface area contributed by atoms with Gasteiger partial charge in [0.05, 0.1) is 5.92 Å². The molecule has 1 aromatic rings. The van der Waals surface area contributed by atoms with Gasteiger partial charge in [-0.15, -0.1) is 0 Å². The summed E-state index contributed by atoms with van der Waals surface area (Å²) in [6.45, 7) is 4.16. The Morgan fingerprint density at radius 2 is 1.89 bits per heavy atom. The van der Waals surface area contributed by atoms with Crippen molar-refractivity contribution in [2.24, 2.45) is 5.92 Å². The molecule has 1 fully saturated rings. The fourth-order valence-electron chi connectivity index (χ4n) is 2.84. The van der Waals surface area contributed by atoms with Crippen LogP contribution in [0.2, 0.25) is 0 Å². The van der Waals surface area contributed by atoms with Gasteiger partial charge in [-0.25, -0.2) is 0 Å². The average molecular weight is 247 g/mol. The second-order valence-electron chi connectivity index (χ2n) is 5.42. The average Bonchev–Trinajstić information content (AvgIpc) is 2.27. The summed E-state index contributed by atoms with van der Waals surface area (Å²) >= 11 is 0. The molecule has 1 aliphatic rings. The number of carboxylic acid groups (broad SMARTS) is 1. The van der Waals surface area contributed by atoms with E-state index in [1.807, 2.05) is 0 Å². The van der Waals surface area contributed by atoms with E-state index in [0.717, 1.165) is 31.4 Å². The molecule has 0 heterocycles. The lowest BCUT2D eigenvalue weighted by Crippen LogP contribution is -2.30. The van der Waals surface area contributed by atoms with Crippen molar-refractivity contribution in [1.82, 2.24) is 0 Å². The van der Waals surface area contributed by atoms with E-state index in [1.165, 1.54) is 11.1 Å². The third-order valence-corrected chi connectivity index (χ3v) is 3.62. The fourth-order valence-corrected chi connectivity index (χ4v) is 2.84. The van der Waals surface area contributed by atoms with E-state index < -0.39 is 5.97 Å². The lowest BCUT2D eigenvalue weighted by molar-refractivity contribution is -0.142. The Balaban J connectivity index is 2.02. The Morgan fingerprint density at radius 3 is 2.50 bits per heavy atom. The molecule has 0 spiro atoms. The van der Waals surface area contributed by atoms with Gasteiger partial charge in [0.25, 0.3) is 0 Å². The Hall–Kier alpha value is -1.51. The lowest BCUT2D eigenvalue weighted by Gasteiger charge is -2.28. The molecule has 18 heavy (non-hydrogen) atoms. The molecule has 0 aromatic heterocycles. The van der Waals surface area contributed by atoms with Crippen molar-refractivity contribution >= 4 is 11.7 Å². The van der Waals surface area contributed by atoms with Gasteiger partial charge in [-0.1, -0.05) is 12.5 Å². The summed E-state index contributed by atoms with van der Waals surface area (Å²) in [4.78, 5) is 11.0. The highest BCUT2D eigenvalue weighted by molar-refractivity contribution is 5.70. The van der Waals surface area contributed by atoms with E-state index in [2.05, 4.69) is 37.4 Å². The van der Waals surface area contributed by atoms with Gasteiger partial charge in [0, 0.05) is 11.7 Å². The number of aliphatic carboxylic acids is 1. The predicted molar refractivity (Wildman–Crippen MR) is 72.9 cm³/mol. The van der Waals surface area contributed by atoms with Gasteiger partial charge in [-0.05, 0) is 56.4 Å². The lowest BCUT2D eigenvalue weighted by atomic mass is 9.85. The second kappa shape index (κ2) is 5.42. The van der Waals surface area contributed by atoms with Crippen molar-refractivity contribution in [2.45, 2.75) is 45.6 Å². The number of aryl methyl sites for hydroxylation is 2. The van der Waals surface area contributed by atoms with Crippen LogP contribution in [0.4, 0.5) is 5.69 Å². The maximum Gasteiger partial charge on any atom is 0.306 e. The van der Waals surface area contributed by atoms with Crippen LogP contribution in [-0.2, 0) is 4.79 Å². The quantitative estimate of drug-likeness (QED) is 0.861. The molecule has 1 aromatic carbocycles. The predicted octanol–water partition coefficient (Wildman–Crippen LogP) is 3.36. The first-order valence-electron chi connectivity index (χ1n) is 6.62. The summed E-state index contributed by atoms with van der Waals surface area (Å²) in [5, 5.41) is 12.6. The SMILES string of the molecule is Cc1cc(C)cc(NC2CCCC(C(=O)O)C2)c1. The van der Waals surface area contributed by atoms with E-state index in [4.69, 9.17) is 5.11 Å². The van der Waals surface area contributed by atoms with Crippen molar-refractivity contribution in [2.75, 3.05) is 5.32 Å². The molecule has 2 unspecified atom stereocenters. The van der Waals surface area contributed by atoms with Gasteiger partial charge < -0.3 is 10.4 Å². The smallest absolute Gasteiger partial charge is 0.306 e. The van der Waals surface area contributed by atoms with Crippen LogP contribution in [0.1, 0.15) is 36.8 Å². The van der Waals surface area contributed by atoms with Crippen molar-refractivity contribution in [1.29, 1.82) is 0 Å². The molecular formula is C15H21NO2. The summed E-state index contributed by atoms with van der Waals surface area (Å²) in [6, 6.07) is 6.68. The Labute approximate surface area is 108 Å². The van der Waals surface area contributed by atoms with Crippen molar-refractivity contribution < 1.29 is 9.90 Å². The summed E-state index contributed by atoms with van der Waals surface area (Å²) in [5.41, 5.74) is 3.59. The van der Waals surface area contributed by atoms with Crippen LogP contribution in [0.15, 0.2) is 18.2 Å². The zero-order valence-electron chi connectivity index (χ0n) is 11.1. The molecule has 2 rings (SSSR count). The number of carboxylic acids is 1. The van der Waals surface area contributed by atoms with Crippen LogP contribution in [-0.4, -0.2) is 17.1 Å². The van der Waals surface area contributed by atoms with Crippen molar-refractivity contribution in [3.8, 4) is 0 Å². The highest BCUT2D eigenvalue weighted by atomic mass is 16.4. The Kier molecular flexibility index (Phi) is 3.90. The topological polar surface area (TPSA) is 49.3 Å². The monoisotopic (exact) mass is 247 g/mol. The number of benzene rings is 1. The number of anilines is 1. The molecular weight excluding hydrogens is 226 g/mol. The zero-order chi connectivity index (χ0) is 13.1. The molecule has 2 N–H and O–H groups in total. The molecule has 3 nitrogen and oxygen atoms in total. The van der Waals surface area contributed by atoms with Gasteiger partial charge in [-0.2, -0.15) is 0 Å². The maximum atomic E-state index is 11.0. The van der Waals surface area contributed by atoms with Crippen LogP contribution in [0.5, 0.6) is 0 Å². The summed E-state index contributed by atoms with van der Waals surface area (Å²) in [5.74, 6) is -0.830. The van der Waals surface area contributed by atoms with Gasteiger partial charge >= 0.3 is 5.97 Å². The van der Waals surface area contributed by atoms with Crippen LogP contribution < -0.4 is 5.32 Å². The molecule has 0 aliphatic heterocycles. The molecule has 98 valence electrons. The first kappa shape index (κ1) is 12.9. The summed E-state index contributed by atoms with van der Waals surface area (Å²) in [7, 11) is 0. The minimum atomic E-state index is -0.651. The van der Waals surface area contributed by atoms with Crippen LogP contribution >= 0.6 is 0 Å². The molecule has 1 saturated carbocycles. The summed E-state index contributed by atoms with van der Waals surface area (Å²) in [6.07, 6.45) is 3.62. The maximum absolute atomic E-state index is 11.0. The van der Waals surface area contributed by atoms with Gasteiger partial charge in [0.15, 0.2) is 0 Å². The number of carbonyl (C=O) groups is 1. The first-order chi connectivity index (χ1) is 8.54. The highest BCUT2D eigenvalue weighted by Gasteiger charge is 2.26. The van der Waals surface area contributed by atoms with Crippen LogP contribution in [0.25, 0.3) is 0 Å². The minimum absolute atomic E-state index is 0.179. The van der Waals surface area contributed by atoms with E-state index in [0.29, 0.717) is 6.04 Å². The van der Waals surface area contributed by atoms with E-state index in [1.54, 1.807) is 0 Å². The fraction of sp³-hybridized carbons (Fsp3) is 0.533. The highest BCUT2D eigenvalue weighted by Crippen LogP contribution is 2.27. The molecule has 0 radical (unpaired) electrons. The summed E-state index contributed by atoms with van der Waals surface area (Å²) < 4.78 is 0. The zero-order valence-corrected chi connectivity index (χ0v) is 11.1. The van der Waals surface area contributed by atoms with Crippen molar-refractivity contribution in [3.63, 3.8) is 0 Å².